The number of anilines is 1. The van der Waals surface area contributed by atoms with E-state index in [2.05, 4.69) is 29.5 Å². The van der Waals surface area contributed by atoms with Crippen molar-refractivity contribution < 1.29 is 9.59 Å². The van der Waals surface area contributed by atoms with Crippen molar-refractivity contribution in [2.45, 2.75) is 27.2 Å². The van der Waals surface area contributed by atoms with Crippen LogP contribution < -0.4 is 10.6 Å². The molecule has 0 fully saturated rings. The molecule has 1 aromatic carbocycles. The number of hydrogen-bond donors (Lipinski definition) is 2. The Labute approximate surface area is 127 Å². The molecule has 0 radical (unpaired) electrons. The summed E-state index contributed by atoms with van der Waals surface area (Å²) in [6, 6.07) is 5.36. The van der Waals surface area contributed by atoms with E-state index in [0.29, 0.717) is 23.2 Å². The van der Waals surface area contributed by atoms with Gasteiger partial charge in [0, 0.05) is 19.0 Å². The highest BCUT2D eigenvalue weighted by Crippen LogP contribution is 2.26. The predicted octanol–water partition coefficient (Wildman–Crippen LogP) is 3.03. The third kappa shape index (κ3) is 4.26. The molecule has 0 aliphatic rings. The molecule has 0 bridgehead atoms. The van der Waals surface area contributed by atoms with E-state index >= 15 is 0 Å². The lowest BCUT2D eigenvalue weighted by Crippen LogP contribution is -2.25. The summed E-state index contributed by atoms with van der Waals surface area (Å²) in [6.45, 7) is 6.37. The number of nitrogens with zero attached hydrogens (tertiary/aromatic N) is 1. The smallest absolute Gasteiger partial charge is 0.251 e. The molecule has 21 heavy (non-hydrogen) atoms. The lowest BCUT2D eigenvalue weighted by Gasteiger charge is -2.07. The van der Waals surface area contributed by atoms with Crippen LogP contribution in [0.25, 0.3) is 10.2 Å². The zero-order valence-electron chi connectivity index (χ0n) is 12.4. The molecule has 2 rings (SSSR count). The van der Waals surface area contributed by atoms with Crippen molar-refractivity contribution in [1.29, 1.82) is 0 Å². The molecule has 0 atom stereocenters. The van der Waals surface area contributed by atoms with Gasteiger partial charge in [0.2, 0.25) is 5.91 Å². The standard InChI is InChI=1S/C15H19N3O2S/c1-9(2)6-7-16-14(20)11-4-5-12-13(8-11)21-15(18-12)17-10(3)19/h4-5,8-9H,6-7H2,1-3H3,(H,16,20)(H,17,18,19). The van der Waals surface area contributed by atoms with Crippen molar-refractivity contribution in [1.82, 2.24) is 10.3 Å². The number of rotatable bonds is 5. The Kier molecular flexibility index (Phi) is 4.90. The average molecular weight is 305 g/mol. The second kappa shape index (κ2) is 6.67. The fourth-order valence-electron chi connectivity index (χ4n) is 1.85. The van der Waals surface area contributed by atoms with Crippen LogP contribution in [-0.4, -0.2) is 23.3 Å². The summed E-state index contributed by atoms with van der Waals surface area (Å²) in [5.41, 5.74) is 1.40. The van der Waals surface area contributed by atoms with Gasteiger partial charge in [-0.1, -0.05) is 25.2 Å². The molecule has 2 amide bonds. The summed E-state index contributed by atoms with van der Waals surface area (Å²) < 4.78 is 0.884. The fraction of sp³-hybridized carbons (Fsp3) is 0.400. The minimum Gasteiger partial charge on any atom is -0.352 e. The summed E-state index contributed by atoms with van der Waals surface area (Å²) >= 11 is 1.36. The van der Waals surface area contributed by atoms with Gasteiger partial charge in [-0.3, -0.25) is 9.59 Å². The van der Waals surface area contributed by atoms with Crippen molar-refractivity contribution >= 4 is 38.5 Å². The first-order chi connectivity index (χ1) is 9.95. The van der Waals surface area contributed by atoms with E-state index in [9.17, 15) is 9.59 Å². The zero-order valence-corrected chi connectivity index (χ0v) is 13.2. The van der Waals surface area contributed by atoms with Crippen LogP contribution in [0.5, 0.6) is 0 Å². The molecule has 0 unspecified atom stereocenters. The average Bonchev–Trinajstić information content (AvgIpc) is 2.78. The van der Waals surface area contributed by atoms with Crippen molar-refractivity contribution in [2.24, 2.45) is 5.92 Å². The number of benzene rings is 1. The number of fused-ring (bicyclic) bond motifs is 1. The number of hydrogen-bond acceptors (Lipinski definition) is 4. The van der Waals surface area contributed by atoms with Gasteiger partial charge < -0.3 is 10.6 Å². The number of carbonyl (C=O) groups excluding carboxylic acids is 2. The predicted molar refractivity (Wildman–Crippen MR) is 85.7 cm³/mol. The molecule has 6 heteroatoms. The van der Waals surface area contributed by atoms with E-state index < -0.39 is 0 Å². The van der Waals surface area contributed by atoms with Gasteiger partial charge in [0.1, 0.15) is 0 Å². The molecule has 0 aliphatic heterocycles. The molecule has 0 saturated carbocycles. The van der Waals surface area contributed by atoms with Crippen LogP contribution in [0.1, 0.15) is 37.6 Å². The number of nitrogens with one attached hydrogen (secondary N) is 2. The molecule has 0 aliphatic carbocycles. The van der Waals surface area contributed by atoms with E-state index in [0.717, 1.165) is 16.6 Å². The van der Waals surface area contributed by atoms with Gasteiger partial charge in [0.15, 0.2) is 5.13 Å². The van der Waals surface area contributed by atoms with Crippen molar-refractivity contribution in [2.75, 3.05) is 11.9 Å². The molecule has 1 aromatic heterocycles. The molecule has 2 aromatic rings. The van der Waals surface area contributed by atoms with Crippen LogP contribution in [0.4, 0.5) is 5.13 Å². The zero-order chi connectivity index (χ0) is 15.4. The van der Waals surface area contributed by atoms with Gasteiger partial charge in [-0.25, -0.2) is 4.98 Å². The maximum atomic E-state index is 12.1. The summed E-state index contributed by atoms with van der Waals surface area (Å²) in [5, 5.41) is 6.12. The lowest BCUT2D eigenvalue weighted by molar-refractivity contribution is -0.114. The Bertz CT molecular complexity index is 664. The van der Waals surface area contributed by atoms with Crippen molar-refractivity contribution in [3.05, 3.63) is 23.8 Å². The highest BCUT2D eigenvalue weighted by atomic mass is 32.1. The van der Waals surface area contributed by atoms with Crippen LogP contribution >= 0.6 is 11.3 Å². The molecule has 0 spiro atoms. The van der Waals surface area contributed by atoms with Gasteiger partial charge in [-0.15, -0.1) is 0 Å². The Morgan fingerprint density at radius 2 is 2.10 bits per heavy atom. The third-order valence-electron chi connectivity index (χ3n) is 2.94. The SMILES string of the molecule is CC(=O)Nc1nc2ccc(C(=O)NCCC(C)C)cc2s1. The highest BCUT2D eigenvalue weighted by Gasteiger charge is 2.10. The quantitative estimate of drug-likeness (QED) is 0.892. The molecule has 112 valence electrons. The van der Waals surface area contributed by atoms with Crippen LogP contribution in [-0.2, 0) is 4.79 Å². The fourth-order valence-corrected chi connectivity index (χ4v) is 2.80. The largest absolute Gasteiger partial charge is 0.352 e. The van der Waals surface area contributed by atoms with E-state index in [1.807, 2.05) is 6.07 Å². The Balaban J connectivity index is 2.10. The Hall–Kier alpha value is -1.95. The molecule has 2 N–H and O–H groups in total. The second-order valence-electron chi connectivity index (χ2n) is 5.32. The van der Waals surface area contributed by atoms with Crippen LogP contribution in [0, 0.1) is 5.92 Å². The first kappa shape index (κ1) is 15.4. The van der Waals surface area contributed by atoms with Crippen LogP contribution in [0.3, 0.4) is 0 Å². The first-order valence-corrected chi connectivity index (χ1v) is 7.73. The van der Waals surface area contributed by atoms with Gasteiger partial charge in [0.05, 0.1) is 10.2 Å². The van der Waals surface area contributed by atoms with Crippen LogP contribution in [0.15, 0.2) is 18.2 Å². The van der Waals surface area contributed by atoms with Crippen molar-refractivity contribution in [3.8, 4) is 0 Å². The van der Waals surface area contributed by atoms with Gasteiger partial charge in [-0.05, 0) is 30.5 Å². The van der Waals surface area contributed by atoms with E-state index in [-0.39, 0.29) is 11.8 Å². The number of carbonyl (C=O) groups is 2. The first-order valence-electron chi connectivity index (χ1n) is 6.92. The minimum absolute atomic E-state index is 0.0768. The van der Waals surface area contributed by atoms with Gasteiger partial charge in [0.25, 0.3) is 5.91 Å². The summed E-state index contributed by atoms with van der Waals surface area (Å²) in [7, 11) is 0. The minimum atomic E-state index is -0.152. The highest BCUT2D eigenvalue weighted by molar-refractivity contribution is 7.22. The van der Waals surface area contributed by atoms with E-state index in [1.54, 1.807) is 12.1 Å². The molecule has 0 saturated heterocycles. The topological polar surface area (TPSA) is 71.1 Å². The third-order valence-corrected chi connectivity index (χ3v) is 3.87. The van der Waals surface area contributed by atoms with Crippen LogP contribution in [0.2, 0.25) is 0 Å². The molecule has 5 nitrogen and oxygen atoms in total. The maximum absolute atomic E-state index is 12.1. The molecular formula is C15H19N3O2S. The summed E-state index contributed by atoms with van der Waals surface area (Å²) in [4.78, 5) is 27.4. The summed E-state index contributed by atoms with van der Waals surface area (Å²) in [6.07, 6.45) is 0.960. The Morgan fingerprint density at radius 3 is 2.76 bits per heavy atom. The number of thiazole rings is 1. The maximum Gasteiger partial charge on any atom is 0.251 e. The Morgan fingerprint density at radius 1 is 1.33 bits per heavy atom. The van der Waals surface area contributed by atoms with Gasteiger partial charge >= 0.3 is 0 Å². The number of amides is 2. The molecular weight excluding hydrogens is 286 g/mol. The lowest BCUT2D eigenvalue weighted by atomic mass is 10.1. The normalized spacial score (nSPS) is 10.9. The monoisotopic (exact) mass is 305 g/mol. The van der Waals surface area contributed by atoms with Gasteiger partial charge in [-0.2, -0.15) is 0 Å². The van der Waals surface area contributed by atoms with Crippen molar-refractivity contribution in [3.63, 3.8) is 0 Å². The van der Waals surface area contributed by atoms with E-state index in [4.69, 9.17) is 0 Å². The number of aromatic nitrogens is 1. The summed E-state index contributed by atoms with van der Waals surface area (Å²) in [5.74, 6) is 0.335. The second-order valence-corrected chi connectivity index (χ2v) is 6.35. The van der Waals surface area contributed by atoms with E-state index in [1.165, 1.54) is 18.3 Å². The molecule has 1 heterocycles.